The average molecular weight is 301 g/mol. The third kappa shape index (κ3) is 4.83. The quantitative estimate of drug-likeness (QED) is 0.497. The summed E-state index contributed by atoms with van der Waals surface area (Å²) in [6, 6.07) is 5.21. The third-order valence-electron chi connectivity index (χ3n) is 2.43. The lowest BCUT2D eigenvalue weighted by atomic mass is 10.1. The van der Waals surface area contributed by atoms with Crippen LogP contribution in [0.15, 0.2) is 22.7 Å². The van der Waals surface area contributed by atoms with Gasteiger partial charge in [-0.25, -0.2) is 0 Å². The molecule has 0 atom stereocenters. The second-order valence-electron chi connectivity index (χ2n) is 4.40. The van der Waals surface area contributed by atoms with Crippen LogP contribution in [0.4, 0.5) is 5.69 Å². The molecule has 0 aliphatic rings. The Balaban J connectivity index is 2.54. The number of nitrogens with one attached hydrogen (secondary N) is 1. The smallest absolute Gasteiger partial charge is 0.283 e. The predicted octanol–water partition coefficient (Wildman–Crippen LogP) is 3.49. The van der Waals surface area contributed by atoms with Gasteiger partial charge in [0.2, 0.25) is 0 Å². The SMILES string of the molecule is CC(C)CCNCc1ccc(Br)c([N+](=O)[O-])c1. The number of nitro groups is 1. The van der Waals surface area contributed by atoms with E-state index in [1.54, 1.807) is 12.1 Å². The number of hydrogen-bond donors (Lipinski definition) is 1. The van der Waals surface area contributed by atoms with Crippen LogP contribution in [0.1, 0.15) is 25.8 Å². The fraction of sp³-hybridized carbons (Fsp3) is 0.500. The minimum absolute atomic E-state index is 0.119. The van der Waals surface area contributed by atoms with Crippen molar-refractivity contribution < 1.29 is 4.92 Å². The Labute approximate surface area is 110 Å². The molecule has 17 heavy (non-hydrogen) atoms. The van der Waals surface area contributed by atoms with Gasteiger partial charge in [0.05, 0.1) is 9.40 Å². The second kappa shape index (κ2) is 6.71. The van der Waals surface area contributed by atoms with Crippen molar-refractivity contribution in [1.82, 2.24) is 5.32 Å². The fourth-order valence-corrected chi connectivity index (χ4v) is 1.82. The van der Waals surface area contributed by atoms with Crippen molar-refractivity contribution in [3.63, 3.8) is 0 Å². The zero-order valence-corrected chi connectivity index (χ0v) is 11.7. The molecule has 0 spiro atoms. The van der Waals surface area contributed by atoms with Crippen LogP contribution in [-0.4, -0.2) is 11.5 Å². The van der Waals surface area contributed by atoms with E-state index >= 15 is 0 Å². The van der Waals surface area contributed by atoms with Crippen LogP contribution in [0.3, 0.4) is 0 Å². The molecule has 0 fully saturated rings. The molecule has 1 N–H and O–H groups in total. The largest absolute Gasteiger partial charge is 0.313 e. The molecule has 1 aromatic carbocycles. The first-order valence-corrected chi connectivity index (χ1v) is 6.43. The van der Waals surface area contributed by atoms with E-state index in [0.717, 1.165) is 18.5 Å². The summed E-state index contributed by atoms with van der Waals surface area (Å²) in [5.74, 6) is 0.668. The Kier molecular flexibility index (Phi) is 5.58. The summed E-state index contributed by atoms with van der Waals surface area (Å²) in [7, 11) is 0. The second-order valence-corrected chi connectivity index (χ2v) is 5.26. The van der Waals surface area contributed by atoms with E-state index in [4.69, 9.17) is 0 Å². The molecule has 0 aliphatic heterocycles. The van der Waals surface area contributed by atoms with Crippen molar-refractivity contribution in [1.29, 1.82) is 0 Å². The average Bonchev–Trinajstić information content (AvgIpc) is 2.25. The molecule has 0 heterocycles. The van der Waals surface area contributed by atoms with Gasteiger partial charge >= 0.3 is 0 Å². The van der Waals surface area contributed by atoms with Crippen LogP contribution in [0, 0.1) is 16.0 Å². The van der Waals surface area contributed by atoms with Crippen molar-refractivity contribution >= 4 is 21.6 Å². The summed E-state index contributed by atoms with van der Waals surface area (Å²) in [6.07, 6.45) is 1.11. The van der Waals surface area contributed by atoms with E-state index in [1.165, 1.54) is 0 Å². The molecule has 94 valence electrons. The first-order valence-electron chi connectivity index (χ1n) is 5.64. The molecule has 0 saturated carbocycles. The molecule has 0 unspecified atom stereocenters. The highest BCUT2D eigenvalue weighted by molar-refractivity contribution is 9.10. The highest BCUT2D eigenvalue weighted by Gasteiger charge is 2.11. The number of hydrogen-bond acceptors (Lipinski definition) is 3. The Morgan fingerprint density at radius 2 is 2.18 bits per heavy atom. The number of rotatable bonds is 6. The van der Waals surface area contributed by atoms with E-state index in [-0.39, 0.29) is 10.6 Å². The first-order chi connectivity index (χ1) is 8.00. The highest BCUT2D eigenvalue weighted by atomic mass is 79.9. The summed E-state index contributed by atoms with van der Waals surface area (Å²) in [5, 5.41) is 14.0. The minimum Gasteiger partial charge on any atom is -0.313 e. The summed E-state index contributed by atoms with van der Waals surface area (Å²) in [5.41, 5.74) is 1.05. The van der Waals surface area contributed by atoms with Gasteiger partial charge in [0.1, 0.15) is 0 Å². The summed E-state index contributed by atoms with van der Waals surface area (Å²) < 4.78 is 0.522. The lowest BCUT2D eigenvalue weighted by Gasteiger charge is -2.07. The number of nitrogens with zero attached hydrogens (tertiary/aromatic N) is 1. The van der Waals surface area contributed by atoms with E-state index in [0.29, 0.717) is 16.9 Å². The van der Waals surface area contributed by atoms with Gasteiger partial charge in [-0.3, -0.25) is 10.1 Å². The molecule has 0 amide bonds. The van der Waals surface area contributed by atoms with Gasteiger partial charge < -0.3 is 5.32 Å². The van der Waals surface area contributed by atoms with Crippen LogP contribution < -0.4 is 5.32 Å². The van der Waals surface area contributed by atoms with Crippen molar-refractivity contribution in [2.24, 2.45) is 5.92 Å². The van der Waals surface area contributed by atoms with Crippen LogP contribution in [0.5, 0.6) is 0 Å². The van der Waals surface area contributed by atoms with Gasteiger partial charge in [-0.1, -0.05) is 19.9 Å². The molecule has 0 radical (unpaired) electrons. The predicted molar refractivity (Wildman–Crippen MR) is 72.0 cm³/mol. The first kappa shape index (κ1) is 14.1. The standard InChI is InChI=1S/C12H17BrN2O2/c1-9(2)5-6-14-8-10-3-4-11(13)12(7-10)15(16)17/h3-4,7,9,14H,5-6,8H2,1-2H3. The van der Waals surface area contributed by atoms with Gasteiger partial charge in [-0.2, -0.15) is 0 Å². The molecule has 1 rings (SSSR count). The Hall–Kier alpha value is -0.940. The molecule has 0 saturated heterocycles. The van der Waals surface area contributed by atoms with E-state index in [2.05, 4.69) is 35.1 Å². The third-order valence-corrected chi connectivity index (χ3v) is 3.11. The van der Waals surface area contributed by atoms with Crippen molar-refractivity contribution in [3.8, 4) is 0 Å². The molecule has 4 nitrogen and oxygen atoms in total. The molecule has 0 aromatic heterocycles. The zero-order chi connectivity index (χ0) is 12.8. The topological polar surface area (TPSA) is 55.2 Å². The Morgan fingerprint density at radius 1 is 1.47 bits per heavy atom. The molecule has 1 aromatic rings. The van der Waals surface area contributed by atoms with E-state index < -0.39 is 0 Å². The van der Waals surface area contributed by atoms with Crippen LogP contribution in [0.25, 0.3) is 0 Å². The number of nitro benzene ring substituents is 1. The number of halogens is 1. The monoisotopic (exact) mass is 300 g/mol. The van der Waals surface area contributed by atoms with Crippen molar-refractivity contribution in [2.45, 2.75) is 26.8 Å². The summed E-state index contributed by atoms with van der Waals surface area (Å²) in [6.45, 7) is 5.95. The van der Waals surface area contributed by atoms with Crippen molar-refractivity contribution in [2.75, 3.05) is 6.54 Å². The Bertz CT molecular complexity index is 394. The van der Waals surface area contributed by atoms with Gasteiger partial charge in [0, 0.05) is 12.6 Å². The van der Waals surface area contributed by atoms with E-state index in [1.807, 2.05) is 6.07 Å². The maximum Gasteiger partial charge on any atom is 0.283 e. The van der Waals surface area contributed by atoms with E-state index in [9.17, 15) is 10.1 Å². The van der Waals surface area contributed by atoms with Gasteiger partial charge in [0.15, 0.2) is 0 Å². The molecular weight excluding hydrogens is 284 g/mol. The minimum atomic E-state index is -0.373. The molecule has 5 heteroatoms. The molecule has 0 bridgehead atoms. The number of benzene rings is 1. The van der Waals surface area contributed by atoms with Gasteiger partial charge in [-0.15, -0.1) is 0 Å². The van der Waals surface area contributed by atoms with Crippen LogP contribution in [-0.2, 0) is 6.54 Å². The summed E-state index contributed by atoms with van der Waals surface area (Å²) >= 11 is 3.17. The normalized spacial score (nSPS) is 10.8. The lowest BCUT2D eigenvalue weighted by molar-refractivity contribution is -0.385. The maximum atomic E-state index is 10.7. The molecular formula is C12H17BrN2O2. The fourth-order valence-electron chi connectivity index (χ4n) is 1.43. The maximum absolute atomic E-state index is 10.7. The molecule has 0 aliphatic carbocycles. The Morgan fingerprint density at radius 3 is 2.76 bits per heavy atom. The summed E-state index contributed by atoms with van der Waals surface area (Å²) in [4.78, 5) is 10.4. The van der Waals surface area contributed by atoms with Gasteiger partial charge in [0.25, 0.3) is 5.69 Å². The van der Waals surface area contributed by atoms with Crippen LogP contribution >= 0.6 is 15.9 Å². The van der Waals surface area contributed by atoms with Crippen molar-refractivity contribution in [3.05, 3.63) is 38.3 Å². The van der Waals surface area contributed by atoms with Crippen LogP contribution in [0.2, 0.25) is 0 Å². The zero-order valence-electron chi connectivity index (χ0n) is 10.1. The highest BCUT2D eigenvalue weighted by Crippen LogP contribution is 2.25. The lowest BCUT2D eigenvalue weighted by Crippen LogP contribution is -2.16. The van der Waals surface area contributed by atoms with Gasteiger partial charge in [-0.05, 0) is 46.4 Å².